The predicted octanol–water partition coefficient (Wildman–Crippen LogP) is 4.10. The molecule has 1 N–H and O–H groups in total. The molecule has 1 unspecified atom stereocenters. The molecule has 0 radical (unpaired) electrons. The molecule has 0 saturated heterocycles. The molecule has 0 aromatic heterocycles. The molecule has 0 aliphatic heterocycles. The topological polar surface area (TPSA) is 21.3 Å². The molecular formula is C14H31NO. The summed E-state index contributed by atoms with van der Waals surface area (Å²) >= 11 is 0. The van der Waals surface area contributed by atoms with E-state index in [4.69, 9.17) is 4.74 Å². The van der Waals surface area contributed by atoms with E-state index in [2.05, 4.69) is 26.1 Å². The van der Waals surface area contributed by atoms with Gasteiger partial charge in [0, 0.05) is 6.61 Å². The van der Waals surface area contributed by atoms with E-state index in [1.54, 1.807) is 0 Å². The molecule has 2 heteroatoms. The fourth-order valence-corrected chi connectivity index (χ4v) is 1.81. The van der Waals surface area contributed by atoms with E-state index in [0.717, 1.165) is 19.6 Å². The summed E-state index contributed by atoms with van der Waals surface area (Å²) in [6.07, 6.45) is 10.5. The molecule has 0 fully saturated rings. The SMILES string of the molecule is CCCCCCOC(CCCCC)NCC. The number of hydrogen-bond acceptors (Lipinski definition) is 2. The van der Waals surface area contributed by atoms with E-state index in [-0.39, 0.29) is 6.23 Å². The van der Waals surface area contributed by atoms with Crippen LogP contribution in [0.4, 0.5) is 0 Å². The summed E-state index contributed by atoms with van der Waals surface area (Å²) in [6, 6.07) is 0. The highest BCUT2D eigenvalue weighted by Crippen LogP contribution is 2.06. The van der Waals surface area contributed by atoms with Crippen LogP contribution in [0.5, 0.6) is 0 Å². The quantitative estimate of drug-likeness (QED) is 0.402. The summed E-state index contributed by atoms with van der Waals surface area (Å²) < 4.78 is 5.86. The molecule has 98 valence electrons. The molecule has 0 heterocycles. The zero-order chi connectivity index (χ0) is 12.1. The Hall–Kier alpha value is -0.0800. The first-order valence-electron chi connectivity index (χ1n) is 7.20. The predicted molar refractivity (Wildman–Crippen MR) is 71.7 cm³/mol. The molecule has 0 amide bonds. The number of unbranched alkanes of at least 4 members (excludes halogenated alkanes) is 5. The van der Waals surface area contributed by atoms with Crippen molar-refractivity contribution in [2.24, 2.45) is 0 Å². The van der Waals surface area contributed by atoms with Crippen molar-refractivity contribution in [1.29, 1.82) is 0 Å². The van der Waals surface area contributed by atoms with Gasteiger partial charge in [-0.25, -0.2) is 0 Å². The summed E-state index contributed by atoms with van der Waals surface area (Å²) in [6.45, 7) is 8.56. The van der Waals surface area contributed by atoms with Crippen LogP contribution >= 0.6 is 0 Å². The molecule has 0 spiro atoms. The lowest BCUT2D eigenvalue weighted by molar-refractivity contribution is 0.0214. The Balaban J connectivity index is 3.43. The Morgan fingerprint density at radius 1 is 0.875 bits per heavy atom. The third-order valence-corrected chi connectivity index (χ3v) is 2.82. The maximum atomic E-state index is 5.86. The van der Waals surface area contributed by atoms with E-state index in [0.29, 0.717) is 0 Å². The molecule has 2 nitrogen and oxygen atoms in total. The van der Waals surface area contributed by atoms with Crippen molar-refractivity contribution < 1.29 is 4.74 Å². The summed E-state index contributed by atoms with van der Waals surface area (Å²) in [5.74, 6) is 0. The normalized spacial score (nSPS) is 12.9. The standard InChI is InChI=1S/C14H31NO/c1-4-7-9-11-13-16-14(15-6-3)12-10-8-5-2/h14-15H,4-13H2,1-3H3. The fraction of sp³-hybridized carbons (Fsp3) is 1.00. The van der Waals surface area contributed by atoms with Crippen LogP contribution in [-0.2, 0) is 4.74 Å². The minimum Gasteiger partial charge on any atom is -0.363 e. The average Bonchev–Trinajstić information content (AvgIpc) is 2.29. The van der Waals surface area contributed by atoms with E-state index in [9.17, 15) is 0 Å². The Morgan fingerprint density at radius 2 is 1.56 bits per heavy atom. The van der Waals surface area contributed by atoms with Crippen LogP contribution in [0.3, 0.4) is 0 Å². The van der Waals surface area contributed by atoms with Gasteiger partial charge in [-0.2, -0.15) is 0 Å². The van der Waals surface area contributed by atoms with Gasteiger partial charge in [-0.1, -0.05) is 52.9 Å². The summed E-state index contributed by atoms with van der Waals surface area (Å²) in [7, 11) is 0. The van der Waals surface area contributed by atoms with E-state index >= 15 is 0 Å². The summed E-state index contributed by atoms with van der Waals surface area (Å²) in [4.78, 5) is 0. The first-order valence-corrected chi connectivity index (χ1v) is 7.20. The highest BCUT2D eigenvalue weighted by Gasteiger charge is 2.05. The van der Waals surface area contributed by atoms with Gasteiger partial charge in [-0.05, 0) is 25.8 Å². The third kappa shape index (κ3) is 10.4. The van der Waals surface area contributed by atoms with Gasteiger partial charge in [-0.3, -0.25) is 5.32 Å². The van der Waals surface area contributed by atoms with Crippen molar-refractivity contribution in [3.05, 3.63) is 0 Å². The average molecular weight is 229 g/mol. The molecule has 1 atom stereocenters. The molecule has 0 bridgehead atoms. The van der Waals surface area contributed by atoms with Gasteiger partial charge in [-0.15, -0.1) is 0 Å². The lowest BCUT2D eigenvalue weighted by atomic mass is 10.2. The second kappa shape index (κ2) is 13.0. The van der Waals surface area contributed by atoms with E-state index in [1.807, 2.05) is 0 Å². The first kappa shape index (κ1) is 15.9. The molecule has 0 aliphatic rings. The molecule has 0 aliphatic carbocycles. The van der Waals surface area contributed by atoms with E-state index in [1.165, 1.54) is 44.9 Å². The Labute approximate surface area is 102 Å². The van der Waals surface area contributed by atoms with Crippen molar-refractivity contribution in [3.63, 3.8) is 0 Å². The van der Waals surface area contributed by atoms with Crippen molar-refractivity contribution in [2.45, 2.75) is 78.4 Å². The van der Waals surface area contributed by atoms with Crippen LogP contribution in [0.1, 0.15) is 72.1 Å². The molecule has 16 heavy (non-hydrogen) atoms. The Bertz CT molecular complexity index is 128. The number of hydrogen-bond donors (Lipinski definition) is 1. The van der Waals surface area contributed by atoms with Gasteiger partial charge in [0.2, 0.25) is 0 Å². The smallest absolute Gasteiger partial charge is 0.108 e. The highest BCUT2D eigenvalue weighted by atomic mass is 16.5. The number of ether oxygens (including phenoxy) is 1. The maximum absolute atomic E-state index is 5.86. The number of nitrogens with one attached hydrogen (secondary N) is 1. The van der Waals surface area contributed by atoms with Gasteiger partial charge in [0.15, 0.2) is 0 Å². The van der Waals surface area contributed by atoms with Crippen LogP contribution in [0.2, 0.25) is 0 Å². The molecule has 0 saturated carbocycles. The van der Waals surface area contributed by atoms with Gasteiger partial charge in [0.25, 0.3) is 0 Å². The van der Waals surface area contributed by atoms with Crippen molar-refractivity contribution in [2.75, 3.05) is 13.2 Å². The monoisotopic (exact) mass is 229 g/mol. The van der Waals surface area contributed by atoms with Gasteiger partial charge < -0.3 is 4.74 Å². The Morgan fingerprint density at radius 3 is 2.19 bits per heavy atom. The van der Waals surface area contributed by atoms with Gasteiger partial charge in [0.05, 0.1) is 0 Å². The van der Waals surface area contributed by atoms with Gasteiger partial charge >= 0.3 is 0 Å². The molecular weight excluding hydrogens is 198 g/mol. The largest absolute Gasteiger partial charge is 0.363 e. The van der Waals surface area contributed by atoms with Crippen LogP contribution in [-0.4, -0.2) is 19.4 Å². The number of rotatable bonds is 12. The lowest BCUT2D eigenvalue weighted by Crippen LogP contribution is -2.31. The zero-order valence-electron chi connectivity index (χ0n) is 11.6. The minimum absolute atomic E-state index is 0.290. The van der Waals surface area contributed by atoms with Crippen LogP contribution in [0.25, 0.3) is 0 Å². The Kier molecular flexibility index (Phi) is 12.9. The zero-order valence-corrected chi connectivity index (χ0v) is 11.6. The maximum Gasteiger partial charge on any atom is 0.108 e. The fourth-order valence-electron chi connectivity index (χ4n) is 1.81. The van der Waals surface area contributed by atoms with Crippen molar-refractivity contribution in [3.8, 4) is 0 Å². The lowest BCUT2D eigenvalue weighted by Gasteiger charge is -2.18. The first-order chi connectivity index (χ1) is 7.85. The van der Waals surface area contributed by atoms with Crippen molar-refractivity contribution >= 4 is 0 Å². The highest BCUT2D eigenvalue weighted by molar-refractivity contribution is 4.55. The van der Waals surface area contributed by atoms with Crippen LogP contribution in [0, 0.1) is 0 Å². The van der Waals surface area contributed by atoms with E-state index < -0.39 is 0 Å². The van der Waals surface area contributed by atoms with Gasteiger partial charge in [0.1, 0.15) is 6.23 Å². The molecule has 0 aromatic rings. The molecule has 0 aromatic carbocycles. The minimum atomic E-state index is 0.290. The summed E-state index contributed by atoms with van der Waals surface area (Å²) in [5.41, 5.74) is 0. The van der Waals surface area contributed by atoms with Crippen LogP contribution in [0.15, 0.2) is 0 Å². The third-order valence-electron chi connectivity index (χ3n) is 2.82. The molecule has 0 rings (SSSR count). The second-order valence-corrected chi connectivity index (χ2v) is 4.47. The van der Waals surface area contributed by atoms with Crippen molar-refractivity contribution in [1.82, 2.24) is 5.32 Å². The second-order valence-electron chi connectivity index (χ2n) is 4.47. The van der Waals surface area contributed by atoms with Crippen LogP contribution < -0.4 is 5.32 Å². The summed E-state index contributed by atoms with van der Waals surface area (Å²) in [5, 5.41) is 3.41.